The van der Waals surface area contributed by atoms with Crippen LogP contribution in [0.3, 0.4) is 0 Å². The molecule has 3 heteroatoms. The van der Waals surface area contributed by atoms with E-state index < -0.39 is 6.08 Å². The lowest BCUT2D eigenvalue weighted by molar-refractivity contribution is 0.420. The van der Waals surface area contributed by atoms with E-state index in [1.54, 1.807) is 6.92 Å². The van der Waals surface area contributed by atoms with Crippen molar-refractivity contribution in [1.82, 2.24) is 0 Å². The third-order valence-corrected chi connectivity index (χ3v) is 0.344. The maximum Gasteiger partial charge on any atom is 0.266 e. The molecule has 0 N–H and O–H groups in total. The van der Waals surface area contributed by atoms with Crippen LogP contribution in [0.2, 0.25) is 0 Å². The molecule has 0 nitrogen and oxygen atoms in total. The van der Waals surface area contributed by atoms with Crippen LogP contribution in [-0.2, 0) is 0 Å². The Morgan fingerprint density at radius 2 is 1.44 bits per heavy atom. The van der Waals surface area contributed by atoms with Gasteiger partial charge in [-0.15, -0.1) is 0 Å². The first kappa shape index (κ1) is 11.1. The Morgan fingerprint density at radius 1 is 1.22 bits per heavy atom. The molecule has 0 aromatic rings. The number of hydrogen-bond donors (Lipinski definition) is 0. The number of allylic oxidation sites excluding steroid dienone is 2. The molecule has 0 aromatic carbocycles. The Labute approximate surface area is 52.7 Å². The molecule has 0 amide bonds. The highest BCUT2D eigenvalue weighted by atomic mass is 19.3. The first-order valence-corrected chi connectivity index (χ1v) is 2.37. The Morgan fingerprint density at radius 3 is 1.44 bits per heavy atom. The quantitative estimate of drug-likeness (QED) is 0.481. The van der Waals surface area contributed by atoms with Gasteiger partial charge in [0, 0.05) is 0 Å². The molecular formula is C6H9F3. The van der Waals surface area contributed by atoms with Crippen molar-refractivity contribution in [2.45, 2.75) is 13.8 Å². The van der Waals surface area contributed by atoms with Crippen LogP contribution >= 0.6 is 0 Å². The molecule has 54 valence electrons. The molecule has 0 heterocycles. The highest BCUT2D eigenvalue weighted by molar-refractivity contribution is 4.72. The van der Waals surface area contributed by atoms with E-state index in [1.807, 2.05) is 0 Å². The number of hydrogen-bond acceptors (Lipinski definition) is 0. The summed E-state index contributed by atoms with van der Waals surface area (Å²) >= 11 is 0. The predicted molar refractivity (Wildman–Crippen MR) is 31.9 cm³/mol. The fraction of sp³-hybridized carbons (Fsp3) is 0.333. The third-order valence-electron chi connectivity index (χ3n) is 0.344. The Bertz CT molecular complexity index is 86.5. The third kappa shape index (κ3) is 39.2. The van der Waals surface area contributed by atoms with Crippen molar-refractivity contribution in [1.29, 1.82) is 0 Å². The van der Waals surface area contributed by atoms with Crippen LogP contribution in [0, 0.1) is 0 Å². The van der Waals surface area contributed by atoms with Gasteiger partial charge in [0.15, 0.2) is 0 Å². The van der Waals surface area contributed by atoms with Gasteiger partial charge in [-0.1, -0.05) is 6.08 Å². The molecule has 0 atom stereocenters. The van der Waals surface area contributed by atoms with Gasteiger partial charge in [-0.3, -0.25) is 0 Å². The molecule has 0 radical (unpaired) electrons. The van der Waals surface area contributed by atoms with Gasteiger partial charge in [0.1, 0.15) is 0 Å². The summed E-state index contributed by atoms with van der Waals surface area (Å²) < 4.78 is 31.8. The molecule has 0 bridgehead atoms. The van der Waals surface area contributed by atoms with E-state index in [2.05, 4.69) is 0 Å². The molecule has 0 aliphatic rings. The fourth-order valence-electron chi connectivity index (χ4n) is 0. The summed E-state index contributed by atoms with van der Waals surface area (Å²) in [6.45, 7) is 2.91. The first-order chi connectivity index (χ1) is 4.18. The van der Waals surface area contributed by atoms with Gasteiger partial charge in [0.25, 0.3) is 6.08 Å². The zero-order valence-corrected chi connectivity index (χ0v) is 5.37. The summed E-state index contributed by atoms with van der Waals surface area (Å²) in [4.78, 5) is 0. The Kier molecular flexibility index (Phi) is 12.7. The summed E-state index contributed by atoms with van der Waals surface area (Å²) in [6, 6.07) is 0. The molecule has 0 fully saturated rings. The second-order valence-corrected chi connectivity index (χ2v) is 1.04. The molecule has 0 saturated carbocycles. The number of halogens is 3. The maximum atomic E-state index is 10.6. The summed E-state index contributed by atoms with van der Waals surface area (Å²) in [5.74, 6) is 0. The van der Waals surface area contributed by atoms with Crippen molar-refractivity contribution in [3.8, 4) is 0 Å². The van der Waals surface area contributed by atoms with Crippen molar-refractivity contribution < 1.29 is 13.2 Å². The summed E-state index contributed by atoms with van der Waals surface area (Å²) in [5, 5.41) is 0. The second kappa shape index (κ2) is 10.3. The van der Waals surface area contributed by atoms with Crippen LogP contribution in [0.1, 0.15) is 13.8 Å². The average Bonchev–Trinajstić information content (AvgIpc) is 1.89. The first-order valence-electron chi connectivity index (χ1n) is 2.37. The molecule has 0 spiro atoms. The van der Waals surface area contributed by atoms with Crippen LogP contribution < -0.4 is 0 Å². The second-order valence-electron chi connectivity index (χ2n) is 1.04. The summed E-state index contributed by atoms with van der Waals surface area (Å²) in [6.07, 6.45) is 0.963. The molecule has 0 saturated heterocycles. The van der Waals surface area contributed by atoms with E-state index in [0.717, 1.165) is 6.08 Å². The zero-order valence-electron chi connectivity index (χ0n) is 5.37. The van der Waals surface area contributed by atoms with Gasteiger partial charge in [0.2, 0.25) is 0 Å². The van der Waals surface area contributed by atoms with Gasteiger partial charge in [0.05, 0.1) is 6.33 Å². The van der Waals surface area contributed by atoms with E-state index in [9.17, 15) is 13.2 Å². The lowest BCUT2D eigenvalue weighted by Gasteiger charge is -1.62. The largest absolute Gasteiger partial charge is 0.266 e. The minimum atomic E-state index is -1.62. The van der Waals surface area contributed by atoms with Gasteiger partial charge in [-0.05, 0) is 19.9 Å². The highest BCUT2D eigenvalue weighted by Crippen LogP contribution is 1.92. The van der Waals surface area contributed by atoms with Crippen molar-refractivity contribution in [2.24, 2.45) is 0 Å². The molecule has 0 rings (SSSR count). The monoisotopic (exact) mass is 138 g/mol. The average molecular weight is 138 g/mol. The van der Waals surface area contributed by atoms with E-state index in [-0.39, 0.29) is 0 Å². The molecular weight excluding hydrogens is 129 g/mol. The molecule has 0 unspecified atom stereocenters. The van der Waals surface area contributed by atoms with Gasteiger partial charge in [-0.25, -0.2) is 4.39 Å². The van der Waals surface area contributed by atoms with Crippen molar-refractivity contribution in [3.05, 3.63) is 24.6 Å². The molecule has 0 aromatic heterocycles. The minimum Gasteiger partial charge on any atom is -0.216 e. The van der Waals surface area contributed by atoms with Gasteiger partial charge >= 0.3 is 0 Å². The predicted octanol–water partition coefficient (Wildman–Crippen LogP) is 3.28. The summed E-state index contributed by atoms with van der Waals surface area (Å²) in [5.41, 5.74) is 0. The smallest absolute Gasteiger partial charge is 0.216 e. The van der Waals surface area contributed by atoms with Crippen molar-refractivity contribution in [3.63, 3.8) is 0 Å². The SMILES string of the molecule is CC=C(F)F.CC=CF. The van der Waals surface area contributed by atoms with Crippen molar-refractivity contribution in [2.75, 3.05) is 0 Å². The van der Waals surface area contributed by atoms with Crippen molar-refractivity contribution >= 4 is 0 Å². The maximum absolute atomic E-state index is 10.6. The van der Waals surface area contributed by atoms with E-state index in [4.69, 9.17) is 0 Å². The van der Waals surface area contributed by atoms with Crippen LogP contribution in [0.15, 0.2) is 24.6 Å². The van der Waals surface area contributed by atoms with Crippen LogP contribution in [0.4, 0.5) is 13.2 Å². The van der Waals surface area contributed by atoms with Gasteiger partial charge in [-0.2, -0.15) is 8.78 Å². The highest BCUT2D eigenvalue weighted by Gasteiger charge is 1.74. The normalized spacial score (nSPS) is 8.11. The minimum absolute atomic E-state index is 0.500. The number of rotatable bonds is 0. The topological polar surface area (TPSA) is 0 Å². The Balaban J connectivity index is 0. The lowest BCUT2D eigenvalue weighted by Crippen LogP contribution is -1.44. The lowest BCUT2D eigenvalue weighted by atomic mass is 10.7. The standard InChI is InChI=1S/C3H4F2.C3H5F/c1-2-3(4)5;1-2-3-4/h2H,1H3;2-3H,1H3. The van der Waals surface area contributed by atoms with E-state index >= 15 is 0 Å². The zero-order chi connectivity index (χ0) is 7.70. The van der Waals surface area contributed by atoms with E-state index in [1.165, 1.54) is 13.0 Å². The van der Waals surface area contributed by atoms with Crippen LogP contribution in [0.25, 0.3) is 0 Å². The van der Waals surface area contributed by atoms with E-state index in [0.29, 0.717) is 6.33 Å². The van der Waals surface area contributed by atoms with Crippen LogP contribution in [-0.4, -0.2) is 0 Å². The molecule has 0 aliphatic heterocycles. The Hall–Kier alpha value is -0.730. The summed E-state index contributed by atoms with van der Waals surface area (Å²) in [7, 11) is 0. The van der Waals surface area contributed by atoms with Crippen LogP contribution in [0.5, 0.6) is 0 Å². The molecule has 0 aliphatic carbocycles. The van der Waals surface area contributed by atoms with Gasteiger partial charge < -0.3 is 0 Å². The fourth-order valence-corrected chi connectivity index (χ4v) is 0. The molecule has 9 heavy (non-hydrogen) atoms.